The molecule has 11 heteroatoms. The van der Waals surface area contributed by atoms with Gasteiger partial charge in [0.2, 0.25) is 0 Å². The van der Waals surface area contributed by atoms with Gasteiger partial charge in [-0.3, -0.25) is 5.01 Å². The summed E-state index contributed by atoms with van der Waals surface area (Å²) in [4.78, 5) is 4.08. The Balaban J connectivity index is 0.00000140. The minimum absolute atomic E-state index is 0. The zero-order valence-electron chi connectivity index (χ0n) is 14.8. The van der Waals surface area contributed by atoms with Gasteiger partial charge in [-0.05, 0) is 42.0 Å². The predicted octanol–water partition coefficient (Wildman–Crippen LogP) is -3.72. The Morgan fingerprint density at radius 1 is 1.21 bits per heavy atom. The van der Waals surface area contributed by atoms with Crippen molar-refractivity contribution in [3.63, 3.8) is 0 Å². The summed E-state index contributed by atoms with van der Waals surface area (Å²) in [5.41, 5.74) is 2.71. The number of rotatable bonds is 4. The maximum atomic E-state index is 11.5. The van der Waals surface area contributed by atoms with Gasteiger partial charge in [-0.1, -0.05) is 6.07 Å². The first-order chi connectivity index (χ1) is 12.5. The third-order valence-corrected chi connectivity index (χ3v) is 4.74. The van der Waals surface area contributed by atoms with Crippen molar-refractivity contribution >= 4 is 21.7 Å². The van der Waals surface area contributed by atoms with Crippen LogP contribution in [0.2, 0.25) is 0 Å². The molecule has 0 saturated carbocycles. The molecule has 138 valence electrons. The van der Waals surface area contributed by atoms with Crippen LogP contribution in [0.15, 0.2) is 61.2 Å². The van der Waals surface area contributed by atoms with Gasteiger partial charge >= 0.3 is 61.7 Å². The first kappa shape index (κ1) is 22.3. The molecule has 1 aliphatic rings. The van der Waals surface area contributed by atoms with E-state index in [2.05, 4.69) is 15.8 Å². The molecule has 0 unspecified atom stereocenters. The molecule has 0 amide bonds. The van der Waals surface area contributed by atoms with Crippen LogP contribution in [0, 0.1) is 11.3 Å². The van der Waals surface area contributed by atoms with E-state index < -0.39 is 10.3 Å². The van der Waals surface area contributed by atoms with Crippen LogP contribution < -0.4 is 70.0 Å². The number of fused-ring (bicyclic) bond motifs is 1. The average molecular weight is 425 g/mol. The standard InChI is InChI=1S/C17H13N5O3S.FH.K/c18-10-13-1-4-15(5-2-13)22(21-8-7-19-12-21)11-14-3-6-17-16(9-14)20-26(23,24)25-17;;/h1-9,12,20H,11H2;1H;/q;;+1/p-1. The maximum absolute atomic E-state index is 11.5. The number of nitrogens with zero attached hydrogens (tertiary/aromatic N) is 4. The Kier molecular flexibility index (Phi) is 7.21. The van der Waals surface area contributed by atoms with Crippen LogP contribution in [-0.2, 0) is 16.8 Å². The topological polar surface area (TPSA) is 100 Å². The Hall–Kier alpha value is -1.94. The van der Waals surface area contributed by atoms with Crippen LogP contribution in [0.5, 0.6) is 5.75 Å². The number of halogens is 1. The summed E-state index contributed by atoms with van der Waals surface area (Å²) in [6.45, 7) is 0.456. The molecule has 0 radical (unpaired) electrons. The number of nitrogens with one attached hydrogen (secondary N) is 1. The Bertz CT molecular complexity index is 1100. The Labute approximate surface area is 203 Å². The molecule has 2 aromatic carbocycles. The number of benzene rings is 2. The van der Waals surface area contributed by atoms with Crippen molar-refractivity contribution in [3.05, 3.63) is 72.3 Å². The minimum Gasteiger partial charge on any atom is -1.00 e. The molecular formula is C17H13FKN5O3S. The average Bonchev–Trinajstić information content (AvgIpc) is 3.25. The van der Waals surface area contributed by atoms with E-state index in [0.717, 1.165) is 11.3 Å². The largest absolute Gasteiger partial charge is 1.00 e. The molecule has 4 rings (SSSR count). The number of aromatic nitrogens is 2. The van der Waals surface area contributed by atoms with Gasteiger partial charge in [-0.25, -0.2) is 14.4 Å². The van der Waals surface area contributed by atoms with E-state index in [1.54, 1.807) is 49.1 Å². The second kappa shape index (κ2) is 9.04. The summed E-state index contributed by atoms with van der Waals surface area (Å²) >= 11 is 0. The van der Waals surface area contributed by atoms with Gasteiger partial charge in [-0.2, -0.15) is 13.7 Å². The fourth-order valence-electron chi connectivity index (χ4n) is 2.68. The summed E-state index contributed by atoms with van der Waals surface area (Å²) in [5.74, 6) is 0.279. The van der Waals surface area contributed by atoms with Crippen molar-refractivity contribution in [2.24, 2.45) is 0 Å². The van der Waals surface area contributed by atoms with Gasteiger partial charge in [0.25, 0.3) is 0 Å². The number of hydrogen-bond donors (Lipinski definition) is 1. The van der Waals surface area contributed by atoms with Crippen molar-refractivity contribution in [2.75, 3.05) is 9.73 Å². The number of imidazole rings is 1. The molecular weight excluding hydrogens is 412 g/mol. The summed E-state index contributed by atoms with van der Waals surface area (Å²) in [5, 5.41) is 10.9. The molecule has 0 bridgehead atoms. The normalized spacial score (nSPS) is 13.0. The van der Waals surface area contributed by atoms with E-state index in [0.29, 0.717) is 17.8 Å². The minimum atomic E-state index is -3.76. The second-order valence-corrected chi connectivity index (χ2v) is 6.91. The molecule has 1 aromatic heterocycles. The number of anilines is 2. The van der Waals surface area contributed by atoms with Gasteiger partial charge in [0.05, 0.1) is 29.6 Å². The van der Waals surface area contributed by atoms with Crippen molar-refractivity contribution < 1.29 is 68.7 Å². The van der Waals surface area contributed by atoms with Crippen LogP contribution in [0.25, 0.3) is 0 Å². The van der Waals surface area contributed by atoms with Crippen LogP contribution in [0.3, 0.4) is 0 Å². The molecule has 0 aliphatic carbocycles. The van der Waals surface area contributed by atoms with Crippen molar-refractivity contribution in [3.8, 4) is 11.8 Å². The van der Waals surface area contributed by atoms with E-state index in [4.69, 9.17) is 9.44 Å². The van der Waals surface area contributed by atoms with Crippen molar-refractivity contribution in [2.45, 2.75) is 6.54 Å². The molecule has 0 atom stereocenters. The quantitative estimate of drug-likeness (QED) is 0.432. The van der Waals surface area contributed by atoms with Crippen LogP contribution >= 0.6 is 0 Å². The number of hydrogen-bond acceptors (Lipinski definition) is 6. The van der Waals surface area contributed by atoms with Gasteiger partial charge in [0.15, 0.2) is 5.75 Å². The first-order valence-corrected chi connectivity index (χ1v) is 9.06. The summed E-state index contributed by atoms with van der Waals surface area (Å²) < 4.78 is 32.0. The van der Waals surface area contributed by atoms with Gasteiger partial charge in [0, 0.05) is 12.4 Å². The monoisotopic (exact) mass is 425 g/mol. The Morgan fingerprint density at radius 2 is 1.96 bits per heavy atom. The van der Waals surface area contributed by atoms with Crippen molar-refractivity contribution in [1.29, 1.82) is 5.26 Å². The smallest absolute Gasteiger partial charge is 1.00 e. The first-order valence-electron chi connectivity index (χ1n) is 7.65. The third-order valence-electron chi connectivity index (χ3n) is 3.87. The molecule has 3 aromatic rings. The fraction of sp³-hybridized carbons (Fsp3) is 0.0588. The maximum Gasteiger partial charge on any atom is 1.00 e. The molecule has 1 aliphatic heterocycles. The predicted molar refractivity (Wildman–Crippen MR) is 94.6 cm³/mol. The second-order valence-electron chi connectivity index (χ2n) is 5.63. The molecule has 0 spiro atoms. The molecule has 2 heterocycles. The molecule has 8 nitrogen and oxygen atoms in total. The zero-order valence-corrected chi connectivity index (χ0v) is 18.7. The zero-order chi connectivity index (χ0) is 18.1. The Morgan fingerprint density at radius 3 is 2.61 bits per heavy atom. The van der Waals surface area contributed by atoms with E-state index in [1.165, 1.54) is 0 Å². The van der Waals surface area contributed by atoms with Gasteiger partial charge < -0.3 is 8.89 Å². The molecule has 1 N–H and O–H groups in total. The van der Waals surface area contributed by atoms with E-state index in [9.17, 15) is 8.42 Å². The molecule has 28 heavy (non-hydrogen) atoms. The van der Waals surface area contributed by atoms with Crippen LogP contribution in [0.4, 0.5) is 11.4 Å². The van der Waals surface area contributed by atoms with E-state index in [-0.39, 0.29) is 61.8 Å². The van der Waals surface area contributed by atoms with Gasteiger partial charge in [-0.15, -0.1) is 0 Å². The third kappa shape index (κ3) is 4.72. The summed E-state index contributed by atoms with van der Waals surface area (Å²) in [6, 6.07) is 14.4. The SMILES string of the molecule is N#Cc1ccc(N(Cc2ccc3c(c2)NS(=O)(=O)O3)n2ccnc2)cc1.[F-].[K+]. The molecule has 0 saturated heterocycles. The number of nitriles is 1. The van der Waals surface area contributed by atoms with E-state index in [1.807, 2.05) is 21.8 Å². The summed E-state index contributed by atoms with van der Waals surface area (Å²) in [7, 11) is -3.76. The van der Waals surface area contributed by atoms with Crippen molar-refractivity contribution in [1.82, 2.24) is 9.66 Å². The summed E-state index contributed by atoms with van der Waals surface area (Å²) in [6.07, 6.45) is 5.14. The van der Waals surface area contributed by atoms with Crippen LogP contribution in [0.1, 0.15) is 11.1 Å². The van der Waals surface area contributed by atoms with Gasteiger partial charge in [0.1, 0.15) is 6.33 Å². The fourth-order valence-corrected chi connectivity index (χ4v) is 3.54. The van der Waals surface area contributed by atoms with Crippen LogP contribution in [-0.4, -0.2) is 18.1 Å². The van der Waals surface area contributed by atoms with E-state index >= 15 is 0 Å². The molecule has 0 fully saturated rings.